The molecule has 0 unspecified atom stereocenters. The van der Waals surface area contributed by atoms with Crippen LogP contribution in [0.1, 0.15) is 19.3 Å². The Morgan fingerprint density at radius 2 is 1.94 bits per heavy atom. The number of nitrogens with zero attached hydrogens (tertiary/aromatic N) is 1. The zero-order valence-electron chi connectivity index (χ0n) is 9.73. The Hall–Kier alpha value is -1.47. The third kappa shape index (κ3) is 4.49. The molecule has 0 atom stereocenters. The summed E-state index contributed by atoms with van der Waals surface area (Å²) < 4.78 is 4.72. The summed E-state index contributed by atoms with van der Waals surface area (Å²) in [6, 6.07) is 0. The number of carbonyl (C=O) groups is 3. The van der Waals surface area contributed by atoms with Gasteiger partial charge in [0.2, 0.25) is 17.7 Å². The molecule has 0 radical (unpaired) electrons. The third-order valence-corrected chi connectivity index (χ3v) is 2.29. The Bertz CT molecular complexity index is 289. The molecule has 0 bridgehead atoms. The first-order valence-corrected chi connectivity index (χ1v) is 5.38. The van der Waals surface area contributed by atoms with Gasteiger partial charge in [-0.15, -0.1) is 0 Å². The molecule has 0 spiro atoms. The maximum atomic E-state index is 11.3. The lowest BCUT2D eigenvalue weighted by molar-refractivity contribution is -0.140. The van der Waals surface area contributed by atoms with Crippen LogP contribution in [0.15, 0.2) is 0 Å². The topological polar surface area (TPSA) is 84.9 Å². The molecule has 1 aliphatic heterocycles. The molecule has 1 N–H and O–H groups in total. The number of hydrogen-bond acceptors (Lipinski definition) is 5. The lowest BCUT2D eigenvalue weighted by Crippen LogP contribution is -2.34. The van der Waals surface area contributed by atoms with E-state index in [-0.39, 0.29) is 50.1 Å². The largest absolute Gasteiger partial charge is 0.382 e. The molecule has 7 nitrogen and oxygen atoms in total. The third-order valence-electron chi connectivity index (χ3n) is 2.29. The summed E-state index contributed by atoms with van der Waals surface area (Å²) in [6.45, 7) is 0.740. The number of amides is 3. The molecule has 3 amide bonds. The quantitative estimate of drug-likeness (QED) is 0.361. The zero-order chi connectivity index (χ0) is 12.7. The van der Waals surface area contributed by atoms with E-state index < -0.39 is 0 Å². The average molecular weight is 244 g/mol. The SMILES string of the molecule is COCCONC(=O)CCN1C(=O)CCC1=O. The number of imide groups is 1. The van der Waals surface area contributed by atoms with Crippen molar-refractivity contribution < 1.29 is 24.0 Å². The van der Waals surface area contributed by atoms with Gasteiger partial charge >= 0.3 is 0 Å². The number of rotatable bonds is 7. The zero-order valence-corrected chi connectivity index (χ0v) is 9.73. The molecule has 1 fully saturated rings. The van der Waals surface area contributed by atoms with Gasteiger partial charge in [-0.25, -0.2) is 5.48 Å². The van der Waals surface area contributed by atoms with Crippen LogP contribution >= 0.6 is 0 Å². The molecule has 17 heavy (non-hydrogen) atoms. The fourth-order valence-electron chi connectivity index (χ4n) is 1.39. The van der Waals surface area contributed by atoms with E-state index in [1.54, 1.807) is 0 Å². The van der Waals surface area contributed by atoms with E-state index in [1.165, 1.54) is 7.11 Å². The molecule has 1 rings (SSSR count). The van der Waals surface area contributed by atoms with Crippen LogP contribution in [-0.4, -0.2) is 49.5 Å². The first-order valence-electron chi connectivity index (χ1n) is 5.38. The van der Waals surface area contributed by atoms with Crippen molar-refractivity contribution in [3.63, 3.8) is 0 Å². The lowest BCUT2D eigenvalue weighted by atomic mass is 10.4. The first-order chi connectivity index (χ1) is 8.15. The summed E-state index contributed by atoms with van der Waals surface area (Å²) >= 11 is 0. The maximum absolute atomic E-state index is 11.3. The van der Waals surface area contributed by atoms with Crippen LogP contribution in [0.4, 0.5) is 0 Å². The van der Waals surface area contributed by atoms with Crippen molar-refractivity contribution >= 4 is 17.7 Å². The number of carbonyl (C=O) groups excluding carboxylic acids is 3. The molecule has 0 saturated carbocycles. The summed E-state index contributed by atoms with van der Waals surface area (Å²) in [5, 5.41) is 0. The standard InChI is InChI=1S/C10H16N2O5/c1-16-6-7-17-11-8(13)4-5-12-9(14)2-3-10(12)15/h2-7H2,1H3,(H,11,13). The van der Waals surface area contributed by atoms with Gasteiger partial charge in [0.1, 0.15) is 0 Å². The maximum Gasteiger partial charge on any atom is 0.245 e. The van der Waals surface area contributed by atoms with Gasteiger partial charge in [0.05, 0.1) is 13.2 Å². The molecular weight excluding hydrogens is 228 g/mol. The van der Waals surface area contributed by atoms with Crippen molar-refractivity contribution in [3.8, 4) is 0 Å². The molecular formula is C10H16N2O5. The highest BCUT2D eigenvalue weighted by Gasteiger charge is 2.28. The predicted octanol–water partition coefficient (Wildman–Crippen LogP) is -0.780. The minimum atomic E-state index is -0.367. The van der Waals surface area contributed by atoms with Crippen LogP contribution < -0.4 is 5.48 Å². The highest BCUT2D eigenvalue weighted by atomic mass is 16.7. The number of likely N-dealkylation sites (tertiary alicyclic amines) is 1. The number of hydroxylamine groups is 1. The van der Waals surface area contributed by atoms with Crippen LogP contribution in [0.25, 0.3) is 0 Å². The Kier molecular flexibility index (Phi) is 5.58. The fourth-order valence-corrected chi connectivity index (χ4v) is 1.39. The van der Waals surface area contributed by atoms with Gasteiger partial charge < -0.3 is 4.74 Å². The summed E-state index contributed by atoms with van der Waals surface area (Å²) in [7, 11) is 1.52. The van der Waals surface area contributed by atoms with Crippen LogP contribution in [0.3, 0.4) is 0 Å². The van der Waals surface area contributed by atoms with Crippen LogP contribution in [0.2, 0.25) is 0 Å². The van der Waals surface area contributed by atoms with Crippen LogP contribution in [0.5, 0.6) is 0 Å². The second-order valence-electron chi connectivity index (χ2n) is 3.56. The number of ether oxygens (including phenoxy) is 1. The molecule has 1 heterocycles. The summed E-state index contributed by atoms with van der Waals surface area (Å²) in [5.41, 5.74) is 2.20. The van der Waals surface area contributed by atoms with E-state index in [0.29, 0.717) is 6.61 Å². The molecule has 1 aliphatic rings. The van der Waals surface area contributed by atoms with Gasteiger partial charge in [-0.05, 0) is 0 Å². The highest BCUT2D eigenvalue weighted by Crippen LogP contribution is 2.11. The molecule has 0 aromatic rings. The Morgan fingerprint density at radius 1 is 1.29 bits per heavy atom. The van der Waals surface area contributed by atoms with Gasteiger partial charge in [-0.2, -0.15) is 0 Å². The fraction of sp³-hybridized carbons (Fsp3) is 0.700. The number of nitrogens with one attached hydrogen (secondary N) is 1. The monoisotopic (exact) mass is 244 g/mol. The minimum Gasteiger partial charge on any atom is -0.382 e. The van der Waals surface area contributed by atoms with Gasteiger partial charge in [-0.3, -0.25) is 24.1 Å². The smallest absolute Gasteiger partial charge is 0.245 e. The van der Waals surface area contributed by atoms with Crippen molar-refractivity contribution in [3.05, 3.63) is 0 Å². The lowest BCUT2D eigenvalue weighted by Gasteiger charge is -2.13. The summed E-state index contributed by atoms with van der Waals surface area (Å²) in [6.07, 6.45) is 0.528. The van der Waals surface area contributed by atoms with Crippen molar-refractivity contribution in [2.24, 2.45) is 0 Å². The van der Waals surface area contributed by atoms with Gasteiger partial charge in [0, 0.05) is 32.9 Å². The average Bonchev–Trinajstić information content (AvgIpc) is 2.62. The van der Waals surface area contributed by atoms with Crippen LogP contribution in [-0.2, 0) is 24.0 Å². The van der Waals surface area contributed by atoms with E-state index in [4.69, 9.17) is 9.57 Å². The van der Waals surface area contributed by atoms with E-state index in [9.17, 15) is 14.4 Å². The number of hydrogen-bond donors (Lipinski definition) is 1. The molecule has 0 aliphatic carbocycles. The first kappa shape index (κ1) is 13.6. The van der Waals surface area contributed by atoms with Crippen molar-refractivity contribution in [2.75, 3.05) is 26.9 Å². The van der Waals surface area contributed by atoms with E-state index >= 15 is 0 Å². The van der Waals surface area contributed by atoms with Crippen molar-refractivity contribution in [1.82, 2.24) is 10.4 Å². The predicted molar refractivity (Wildman–Crippen MR) is 56.5 cm³/mol. The van der Waals surface area contributed by atoms with Crippen LogP contribution in [0, 0.1) is 0 Å². The number of methoxy groups -OCH3 is 1. The highest BCUT2D eigenvalue weighted by molar-refractivity contribution is 6.02. The Morgan fingerprint density at radius 3 is 2.53 bits per heavy atom. The van der Waals surface area contributed by atoms with Gasteiger partial charge in [-0.1, -0.05) is 0 Å². The van der Waals surface area contributed by atoms with Gasteiger partial charge in [0.15, 0.2) is 0 Å². The Balaban J connectivity index is 2.15. The summed E-state index contributed by atoms with van der Waals surface area (Å²) in [5.74, 6) is -0.806. The van der Waals surface area contributed by atoms with Crippen molar-refractivity contribution in [2.45, 2.75) is 19.3 Å². The summed E-state index contributed by atoms with van der Waals surface area (Å²) in [4.78, 5) is 39.6. The molecule has 0 aromatic carbocycles. The normalized spacial score (nSPS) is 15.5. The van der Waals surface area contributed by atoms with E-state index in [0.717, 1.165) is 4.90 Å². The Labute approximate surface area is 99.0 Å². The minimum absolute atomic E-state index is 0.0461. The van der Waals surface area contributed by atoms with E-state index in [1.807, 2.05) is 0 Å². The second-order valence-corrected chi connectivity index (χ2v) is 3.56. The molecule has 0 aromatic heterocycles. The molecule has 7 heteroatoms. The van der Waals surface area contributed by atoms with E-state index in [2.05, 4.69) is 5.48 Å². The molecule has 1 saturated heterocycles. The second kappa shape index (κ2) is 6.97. The molecule has 96 valence electrons. The van der Waals surface area contributed by atoms with Gasteiger partial charge in [0.25, 0.3) is 0 Å². The van der Waals surface area contributed by atoms with Crippen molar-refractivity contribution in [1.29, 1.82) is 0 Å².